The van der Waals surface area contributed by atoms with Crippen molar-refractivity contribution in [1.82, 2.24) is 9.21 Å². The summed E-state index contributed by atoms with van der Waals surface area (Å²) in [7, 11) is -3.78. The zero-order valence-corrected chi connectivity index (χ0v) is 14.6. The molecular formula is C17H23FN2O3S. The van der Waals surface area contributed by atoms with Crippen molar-refractivity contribution in [3.8, 4) is 0 Å². The van der Waals surface area contributed by atoms with Crippen LogP contribution in [-0.2, 0) is 14.8 Å². The molecule has 0 aliphatic carbocycles. The number of halogens is 1. The molecule has 1 aromatic carbocycles. The van der Waals surface area contributed by atoms with Crippen LogP contribution in [0.2, 0.25) is 0 Å². The minimum atomic E-state index is -3.78. The number of amides is 1. The average molecular weight is 354 g/mol. The Morgan fingerprint density at radius 3 is 2.33 bits per heavy atom. The third-order valence-corrected chi connectivity index (χ3v) is 6.93. The number of benzene rings is 1. The Kier molecular flexibility index (Phi) is 4.92. The molecule has 24 heavy (non-hydrogen) atoms. The highest BCUT2D eigenvalue weighted by atomic mass is 32.2. The molecule has 0 bridgehead atoms. The Labute approximate surface area is 142 Å². The Hall–Kier alpha value is -1.47. The molecule has 132 valence electrons. The van der Waals surface area contributed by atoms with Gasteiger partial charge in [0.05, 0.1) is 4.90 Å². The number of rotatable bonds is 3. The van der Waals surface area contributed by atoms with Gasteiger partial charge in [0.2, 0.25) is 15.9 Å². The maximum atomic E-state index is 13.1. The predicted molar refractivity (Wildman–Crippen MR) is 88.3 cm³/mol. The zero-order chi connectivity index (χ0) is 17.3. The second-order valence-electron chi connectivity index (χ2n) is 6.74. The Bertz CT molecular complexity index is 697. The molecule has 0 aromatic heterocycles. The van der Waals surface area contributed by atoms with Crippen LogP contribution in [0.15, 0.2) is 29.2 Å². The summed E-state index contributed by atoms with van der Waals surface area (Å²) in [6.07, 6.45) is 3.14. The van der Waals surface area contributed by atoms with Crippen molar-refractivity contribution in [2.24, 2.45) is 5.92 Å². The van der Waals surface area contributed by atoms with Crippen LogP contribution in [0.3, 0.4) is 0 Å². The average Bonchev–Trinajstić information content (AvgIpc) is 3.06. The van der Waals surface area contributed by atoms with Crippen LogP contribution >= 0.6 is 0 Å². The first-order valence-corrected chi connectivity index (χ1v) is 9.90. The van der Waals surface area contributed by atoms with Gasteiger partial charge in [-0.3, -0.25) is 4.79 Å². The first-order valence-electron chi connectivity index (χ1n) is 8.46. The van der Waals surface area contributed by atoms with Crippen LogP contribution in [-0.4, -0.2) is 49.2 Å². The Morgan fingerprint density at radius 1 is 1.08 bits per heavy atom. The van der Waals surface area contributed by atoms with Crippen LogP contribution in [0.5, 0.6) is 0 Å². The SMILES string of the molecule is CC1CCN(C(=O)[C@@H]2CCCN2S(=O)(=O)c2ccc(F)cc2)CC1. The molecule has 0 N–H and O–H groups in total. The first-order chi connectivity index (χ1) is 11.4. The maximum absolute atomic E-state index is 13.1. The zero-order valence-electron chi connectivity index (χ0n) is 13.8. The number of carbonyl (C=O) groups is 1. The van der Waals surface area contributed by atoms with E-state index in [-0.39, 0.29) is 10.8 Å². The van der Waals surface area contributed by atoms with Gasteiger partial charge in [-0.25, -0.2) is 12.8 Å². The number of likely N-dealkylation sites (tertiary alicyclic amines) is 1. The summed E-state index contributed by atoms with van der Waals surface area (Å²) in [5.74, 6) is 0.0344. The molecular weight excluding hydrogens is 331 g/mol. The van der Waals surface area contributed by atoms with E-state index >= 15 is 0 Å². The van der Waals surface area contributed by atoms with Gasteiger partial charge in [-0.2, -0.15) is 4.31 Å². The van der Waals surface area contributed by atoms with Crippen molar-refractivity contribution in [1.29, 1.82) is 0 Å². The molecule has 0 spiro atoms. The highest BCUT2D eigenvalue weighted by molar-refractivity contribution is 7.89. The lowest BCUT2D eigenvalue weighted by molar-refractivity contribution is -0.135. The van der Waals surface area contributed by atoms with Crippen LogP contribution < -0.4 is 0 Å². The third kappa shape index (κ3) is 3.32. The highest BCUT2D eigenvalue weighted by Crippen LogP contribution is 2.28. The van der Waals surface area contributed by atoms with Crippen molar-refractivity contribution in [3.05, 3.63) is 30.1 Å². The quantitative estimate of drug-likeness (QED) is 0.836. The van der Waals surface area contributed by atoms with Crippen molar-refractivity contribution in [2.75, 3.05) is 19.6 Å². The lowest BCUT2D eigenvalue weighted by Crippen LogP contribution is -2.49. The van der Waals surface area contributed by atoms with E-state index < -0.39 is 21.9 Å². The topological polar surface area (TPSA) is 57.7 Å². The van der Waals surface area contributed by atoms with Crippen LogP contribution in [0.4, 0.5) is 4.39 Å². The van der Waals surface area contributed by atoms with Crippen LogP contribution in [0.25, 0.3) is 0 Å². The van der Waals surface area contributed by atoms with Gasteiger partial charge >= 0.3 is 0 Å². The smallest absolute Gasteiger partial charge is 0.243 e. The fourth-order valence-corrected chi connectivity index (χ4v) is 5.11. The number of nitrogens with zero attached hydrogens (tertiary/aromatic N) is 2. The molecule has 2 fully saturated rings. The van der Waals surface area contributed by atoms with Crippen molar-refractivity contribution in [3.63, 3.8) is 0 Å². The number of hydrogen-bond donors (Lipinski definition) is 0. The van der Waals surface area contributed by atoms with E-state index in [4.69, 9.17) is 0 Å². The van der Waals surface area contributed by atoms with E-state index in [1.54, 1.807) is 4.90 Å². The summed E-state index contributed by atoms with van der Waals surface area (Å²) in [6, 6.07) is 4.14. The summed E-state index contributed by atoms with van der Waals surface area (Å²) >= 11 is 0. The van der Waals surface area contributed by atoms with Crippen molar-refractivity contribution in [2.45, 2.75) is 43.5 Å². The van der Waals surface area contributed by atoms with Gasteiger partial charge in [-0.15, -0.1) is 0 Å². The molecule has 0 unspecified atom stereocenters. The van der Waals surface area contributed by atoms with Gasteiger partial charge in [0.15, 0.2) is 0 Å². The number of piperidine rings is 1. The fraction of sp³-hybridized carbons (Fsp3) is 0.588. The standard InChI is InChI=1S/C17H23FN2O3S/c1-13-8-11-19(12-9-13)17(21)16-3-2-10-20(16)24(22,23)15-6-4-14(18)5-7-15/h4-7,13,16H,2-3,8-12H2,1H3/t16-/m0/s1. The van der Waals surface area contributed by atoms with Crippen molar-refractivity contribution >= 4 is 15.9 Å². The van der Waals surface area contributed by atoms with E-state index in [0.717, 1.165) is 25.0 Å². The molecule has 2 heterocycles. The van der Waals surface area contributed by atoms with E-state index in [1.807, 2.05) is 0 Å². The first kappa shape index (κ1) is 17.4. The number of carbonyl (C=O) groups excluding carboxylic acids is 1. The molecule has 1 amide bonds. The number of hydrogen-bond acceptors (Lipinski definition) is 3. The van der Waals surface area contributed by atoms with Gasteiger partial charge in [0.25, 0.3) is 0 Å². The Balaban J connectivity index is 1.79. The fourth-order valence-electron chi connectivity index (χ4n) is 3.46. The summed E-state index contributed by atoms with van der Waals surface area (Å²) in [4.78, 5) is 14.6. The summed E-state index contributed by atoms with van der Waals surface area (Å²) < 4.78 is 40.0. The molecule has 2 saturated heterocycles. The molecule has 2 aliphatic rings. The van der Waals surface area contributed by atoms with Gasteiger partial charge in [-0.1, -0.05) is 6.92 Å². The molecule has 3 rings (SSSR count). The van der Waals surface area contributed by atoms with E-state index in [9.17, 15) is 17.6 Å². The molecule has 5 nitrogen and oxygen atoms in total. The third-order valence-electron chi connectivity index (χ3n) is 5.00. The van der Waals surface area contributed by atoms with Crippen LogP contribution in [0.1, 0.15) is 32.6 Å². The summed E-state index contributed by atoms with van der Waals surface area (Å²) in [6.45, 7) is 3.89. The van der Waals surface area contributed by atoms with Gasteiger partial charge in [0.1, 0.15) is 11.9 Å². The lowest BCUT2D eigenvalue weighted by atomic mass is 9.98. The minimum Gasteiger partial charge on any atom is -0.341 e. The second kappa shape index (κ2) is 6.80. The molecule has 2 aliphatic heterocycles. The van der Waals surface area contributed by atoms with Gasteiger partial charge in [0, 0.05) is 19.6 Å². The summed E-state index contributed by atoms with van der Waals surface area (Å²) in [5, 5.41) is 0. The lowest BCUT2D eigenvalue weighted by Gasteiger charge is -2.34. The molecule has 7 heteroatoms. The minimum absolute atomic E-state index is 0.0378. The van der Waals surface area contributed by atoms with Gasteiger partial charge < -0.3 is 4.90 Å². The Morgan fingerprint density at radius 2 is 1.71 bits per heavy atom. The summed E-state index contributed by atoms with van der Waals surface area (Å²) in [5.41, 5.74) is 0. The van der Waals surface area contributed by atoms with E-state index in [1.165, 1.54) is 16.4 Å². The monoisotopic (exact) mass is 354 g/mol. The second-order valence-corrected chi connectivity index (χ2v) is 8.63. The van der Waals surface area contributed by atoms with E-state index in [2.05, 4.69) is 6.92 Å². The molecule has 0 saturated carbocycles. The largest absolute Gasteiger partial charge is 0.341 e. The van der Waals surface area contributed by atoms with Crippen LogP contribution in [0, 0.1) is 11.7 Å². The van der Waals surface area contributed by atoms with Gasteiger partial charge in [-0.05, 0) is 55.9 Å². The molecule has 1 atom stereocenters. The number of sulfonamides is 1. The molecule has 1 aromatic rings. The predicted octanol–water partition coefficient (Wildman–Crippen LogP) is 2.24. The maximum Gasteiger partial charge on any atom is 0.243 e. The molecule has 0 radical (unpaired) electrons. The van der Waals surface area contributed by atoms with E-state index in [0.29, 0.717) is 38.4 Å². The normalized spacial score (nSPS) is 23.6. The highest BCUT2D eigenvalue weighted by Gasteiger charge is 2.41. The van der Waals surface area contributed by atoms with Crippen molar-refractivity contribution < 1.29 is 17.6 Å².